The van der Waals surface area contributed by atoms with Crippen LogP contribution in [0.4, 0.5) is 0 Å². The molecule has 4 heteroatoms. The number of carbonyl (C=O) groups is 1. The second-order valence-corrected chi connectivity index (χ2v) is 5.13. The summed E-state index contributed by atoms with van der Waals surface area (Å²) in [6, 6.07) is 0.297. The third kappa shape index (κ3) is 5.50. The number of rotatable bonds is 6. The van der Waals surface area contributed by atoms with Crippen molar-refractivity contribution in [3.63, 3.8) is 0 Å². The van der Waals surface area contributed by atoms with Gasteiger partial charge in [0.15, 0.2) is 0 Å². The average Bonchev–Trinajstić information content (AvgIpc) is 2.34. The van der Waals surface area contributed by atoms with Crippen LogP contribution in [0.1, 0.15) is 39.0 Å². The van der Waals surface area contributed by atoms with Gasteiger partial charge in [0.25, 0.3) is 0 Å². The number of nitrogens with two attached hydrogens (primary N) is 1. The van der Waals surface area contributed by atoms with E-state index in [9.17, 15) is 4.79 Å². The zero-order valence-electron chi connectivity index (χ0n) is 11.3. The summed E-state index contributed by atoms with van der Waals surface area (Å²) >= 11 is 0. The second-order valence-electron chi connectivity index (χ2n) is 5.13. The van der Waals surface area contributed by atoms with Gasteiger partial charge in [-0.1, -0.05) is 13.3 Å². The van der Waals surface area contributed by atoms with E-state index in [1.807, 2.05) is 4.90 Å². The topological polar surface area (TPSA) is 49.6 Å². The van der Waals surface area contributed by atoms with E-state index < -0.39 is 0 Å². The van der Waals surface area contributed by atoms with E-state index in [1.54, 1.807) is 0 Å². The van der Waals surface area contributed by atoms with E-state index in [4.69, 9.17) is 5.73 Å². The molecule has 1 rings (SSSR count). The van der Waals surface area contributed by atoms with Gasteiger partial charge in [-0.15, -0.1) is 0 Å². The van der Waals surface area contributed by atoms with E-state index in [-0.39, 0.29) is 0 Å². The molecule has 4 nitrogen and oxygen atoms in total. The largest absolute Gasteiger partial charge is 0.343 e. The predicted molar refractivity (Wildman–Crippen MR) is 70.8 cm³/mol. The summed E-state index contributed by atoms with van der Waals surface area (Å²) in [7, 11) is 2.09. The lowest BCUT2D eigenvalue weighted by Crippen LogP contribution is -2.43. The molecule has 0 bridgehead atoms. The van der Waals surface area contributed by atoms with Gasteiger partial charge in [-0.25, -0.2) is 0 Å². The first-order chi connectivity index (χ1) is 8.13. The van der Waals surface area contributed by atoms with Crippen LogP contribution in [0.3, 0.4) is 0 Å². The van der Waals surface area contributed by atoms with Gasteiger partial charge in [-0.3, -0.25) is 4.79 Å². The number of unbranched alkanes of at least 4 members (excludes halogenated alkanes) is 1. The van der Waals surface area contributed by atoms with Gasteiger partial charge in [0.1, 0.15) is 0 Å². The average molecular weight is 241 g/mol. The van der Waals surface area contributed by atoms with E-state index in [0.29, 0.717) is 18.4 Å². The van der Waals surface area contributed by atoms with Gasteiger partial charge in [0.05, 0.1) is 0 Å². The van der Waals surface area contributed by atoms with Crippen LogP contribution >= 0.6 is 0 Å². The van der Waals surface area contributed by atoms with Crippen LogP contribution in [0.25, 0.3) is 0 Å². The van der Waals surface area contributed by atoms with Crippen molar-refractivity contribution in [1.29, 1.82) is 0 Å². The molecule has 0 aliphatic carbocycles. The Balaban J connectivity index is 2.16. The summed E-state index contributed by atoms with van der Waals surface area (Å²) in [5.74, 6) is 0.292. The Hall–Kier alpha value is -0.610. The highest BCUT2D eigenvalue weighted by atomic mass is 16.2. The third-order valence-electron chi connectivity index (χ3n) is 3.49. The van der Waals surface area contributed by atoms with Crippen LogP contribution in [-0.4, -0.2) is 55.0 Å². The minimum atomic E-state index is 0.292. The monoisotopic (exact) mass is 241 g/mol. The molecule has 0 radical (unpaired) electrons. The summed E-state index contributed by atoms with van der Waals surface area (Å²) in [5.41, 5.74) is 5.83. The number of hydrogen-bond acceptors (Lipinski definition) is 3. The molecule has 0 saturated carbocycles. The lowest BCUT2D eigenvalue weighted by atomic mass is 10.1. The van der Waals surface area contributed by atoms with Crippen molar-refractivity contribution in [2.45, 2.75) is 45.1 Å². The second kappa shape index (κ2) is 7.67. The number of piperidine rings is 1. The Morgan fingerprint density at radius 3 is 2.59 bits per heavy atom. The fourth-order valence-electron chi connectivity index (χ4n) is 2.13. The summed E-state index contributed by atoms with van der Waals surface area (Å²) in [6.45, 7) is 5.85. The van der Waals surface area contributed by atoms with Gasteiger partial charge >= 0.3 is 0 Å². The molecule has 0 aromatic heterocycles. The number of amides is 1. The minimum Gasteiger partial charge on any atom is -0.343 e. The molecule has 0 unspecified atom stereocenters. The Kier molecular flexibility index (Phi) is 6.52. The van der Waals surface area contributed by atoms with Gasteiger partial charge in [-0.05, 0) is 32.9 Å². The Bertz CT molecular complexity index is 225. The molecule has 1 fully saturated rings. The van der Waals surface area contributed by atoms with Gasteiger partial charge in [0.2, 0.25) is 5.91 Å². The molecule has 0 aromatic rings. The number of nitrogens with zero attached hydrogens (tertiary/aromatic N) is 2. The zero-order chi connectivity index (χ0) is 12.7. The standard InChI is InChI=1S/C13H27N3O/c1-3-4-8-15(2)9-7-13(17)16-10-5-12(14)6-11-16/h12H,3-11,14H2,1-2H3. The lowest BCUT2D eigenvalue weighted by Gasteiger charge is -2.30. The van der Waals surface area contributed by atoms with Crippen LogP contribution in [0.15, 0.2) is 0 Å². The van der Waals surface area contributed by atoms with Crippen molar-refractivity contribution in [3.05, 3.63) is 0 Å². The Labute approximate surface area is 105 Å². The third-order valence-corrected chi connectivity index (χ3v) is 3.49. The number of hydrogen-bond donors (Lipinski definition) is 1. The molecule has 1 saturated heterocycles. The van der Waals surface area contributed by atoms with Gasteiger partial charge in [0, 0.05) is 32.1 Å². The number of likely N-dealkylation sites (tertiary alicyclic amines) is 1. The molecule has 0 aromatic carbocycles. The van der Waals surface area contributed by atoms with Crippen molar-refractivity contribution in [1.82, 2.24) is 9.80 Å². The van der Waals surface area contributed by atoms with E-state index in [1.165, 1.54) is 12.8 Å². The first kappa shape index (κ1) is 14.5. The molecule has 100 valence electrons. The van der Waals surface area contributed by atoms with Crippen molar-refractivity contribution in [2.24, 2.45) is 5.73 Å². The fraction of sp³-hybridized carbons (Fsp3) is 0.923. The minimum absolute atomic E-state index is 0.292. The van der Waals surface area contributed by atoms with Crippen LogP contribution in [0.5, 0.6) is 0 Å². The SMILES string of the molecule is CCCCN(C)CCC(=O)N1CCC(N)CC1. The van der Waals surface area contributed by atoms with Crippen molar-refractivity contribution >= 4 is 5.91 Å². The fourth-order valence-corrected chi connectivity index (χ4v) is 2.13. The molecule has 1 amide bonds. The van der Waals surface area contributed by atoms with Crippen LogP contribution < -0.4 is 5.73 Å². The molecule has 0 spiro atoms. The van der Waals surface area contributed by atoms with Crippen LogP contribution in [0, 0.1) is 0 Å². The maximum absolute atomic E-state index is 11.9. The molecule has 1 aliphatic rings. The highest BCUT2D eigenvalue weighted by molar-refractivity contribution is 5.76. The van der Waals surface area contributed by atoms with E-state index in [0.717, 1.165) is 39.0 Å². The smallest absolute Gasteiger partial charge is 0.223 e. The molecule has 0 atom stereocenters. The van der Waals surface area contributed by atoms with Crippen LogP contribution in [-0.2, 0) is 4.79 Å². The molecular formula is C13H27N3O. The highest BCUT2D eigenvalue weighted by Gasteiger charge is 2.20. The maximum atomic E-state index is 11.9. The van der Waals surface area contributed by atoms with Gasteiger partial charge in [-0.2, -0.15) is 0 Å². The lowest BCUT2D eigenvalue weighted by molar-refractivity contribution is -0.132. The first-order valence-electron chi connectivity index (χ1n) is 6.85. The Morgan fingerprint density at radius 2 is 2.00 bits per heavy atom. The zero-order valence-corrected chi connectivity index (χ0v) is 11.3. The van der Waals surface area contributed by atoms with Crippen LogP contribution in [0.2, 0.25) is 0 Å². The summed E-state index contributed by atoms with van der Waals surface area (Å²) in [5, 5.41) is 0. The molecular weight excluding hydrogens is 214 g/mol. The van der Waals surface area contributed by atoms with Crippen molar-refractivity contribution in [3.8, 4) is 0 Å². The summed E-state index contributed by atoms with van der Waals surface area (Å²) in [4.78, 5) is 16.2. The summed E-state index contributed by atoms with van der Waals surface area (Å²) < 4.78 is 0. The normalized spacial score (nSPS) is 17.8. The van der Waals surface area contributed by atoms with Crippen molar-refractivity contribution < 1.29 is 4.79 Å². The van der Waals surface area contributed by atoms with E-state index in [2.05, 4.69) is 18.9 Å². The quantitative estimate of drug-likeness (QED) is 0.756. The first-order valence-corrected chi connectivity index (χ1v) is 6.85. The van der Waals surface area contributed by atoms with Gasteiger partial charge < -0.3 is 15.5 Å². The number of carbonyl (C=O) groups excluding carboxylic acids is 1. The summed E-state index contributed by atoms with van der Waals surface area (Å²) in [6.07, 6.45) is 4.98. The molecule has 1 heterocycles. The highest BCUT2D eigenvalue weighted by Crippen LogP contribution is 2.09. The maximum Gasteiger partial charge on any atom is 0.223 e. The van der Waals surface area contributed by atoms with E-state index >= 15 is 0 Å². The molecule has 17 heavy (non-hydrogen) atoms. The predicted octanol–water partition coefficient (Wildman–Crippen LogP) is 1.06. The molecule has 2 N–H and O–H groups in total. The Morgan fingerprint density at radius 1 is 1.35 bits per heavy atom. The van der Waals surface area contributed by atoms with Crippen molar-refractivity contribution in [2.75, 3.05) is 33.2 Å². The molecule has 1 aliphatic heterocycles.